The van der Waals surface area contributed by atoms with Gasteiger partial charge in [-0.15, -0.1) is 0 Å². The van der Waals surface area contributed by atoms with E-state index in [1.54, 1.807) is 0 Å². The van der Waals surface area contributed by atoms with E-state index in [2.05, 4.69) is 55.3 Å². The maximum Gasteiger partial charge on any atom is 0.0294 e. The first-order chi connectivity index (χ1) is 9.66. The third-order valence-corrected chi connectivity index (χ3v) is 4.45. The van der Waals surface area contributed by atoms with Crippen molar-refractivity contribution < 1.29 is 0 Å². The van der Waals surface area contributed by atoms with Crippen molar-refractivity contribution in [2.24, 2.45) is 5.92 Å². The van der Waals surface area contributed by atoms with Crippen molar-refractivity contribution in [1.29, 1.82) is 0 Å². The Morgan fingerprint density at radius 1 is 1.10 bits per heavy atom. The number of benzene rings is 1. The number of hydrogen-bond donors (Lipinski definition) is 1. The Morgan fingerprint density at radius 2 is 1.80 bits per heavy atom. The Hall–Kier alpha value is -0.860. The molecule has 0 amide bonds. The van der Waals surface area contributed by atoms with Gasteiger partial charge in [0.15, 0.2) is 0 Å². The summed E-state index contributed by atoms with van der Waals surface area (Å²) in [6.07, 6.45) is 4.20. The van der Waals surface area contributed by atoms with Crippen molar-refractivity contribution in [2.75, 3.05) is 26.2 Å². The van der Waals surface area contributed by atoms with E-state index in [1.807, 2.05) is 0 Å². The number of nitrogens with zero attached hydrogens (tertiary/aromatic N) is 1. The molecule has 1 aliphatic heterocycles. The third kappa shape index (κ3) is 4.60. The van der Waals surface area contributed by atoms with Crippen LogP contribution in [-0.2, 0) is 0 Å². The first-order valence-electron chi connectivity index (χ1n) is 8.18. The Bertz CT molecular complexity index is 396. The number of piperidine rings is 1. The lowest BCUT2D eigenvalue weighted by Gasteiger charge is -2.29. The minimum Gasteiger partial charge on any atom is -0.310 e. The van der Waals surface area contributed by atoms with Gasteiger partial charge in [-0.05, 0) is 63.4 Å². The van der Waals surface area contributed by atoms with Gasteiger partial charge < -0.3 is 10.2 Å². The highest BCUT2D eigenvalue weighted by Crippen LogP contribution is 2.17. The quantitative estimate of drug-likeness (QED) is 0.849. The van der Waals surface area contributed by atoms with Gasteiger partial charge in [-0.25, -0.2) is 0 Å². The summed E-state index contributed by atoms with van der Waals surface area (Å²) in [5, 5.41) is 3.70. The molecule has 0 saturated carbocycles. The number of aryl methyl sites for hydroxylation is 1. The molecule has 0 aliphatic carbocycles. The Labute approximate surface area is 124 Å². The summed E-state index contributed by atoms with van der Waals surface area (Å²) in [7, 11) is 0. The van der Waals surface area contributed by atoms with Crippen LogP contribution in [0.1, 0.15) is 50.3 Å². The summed E-state index contributed by atoms with van der Waals surface area (Å²) >= 11 is 0. The van der Waals surface area contributed by atoms with Crippen LogP contribution in [0.25, 0.3) is 0 Å². The molecule has 2 rings (SSSR count). The van der Waals surface area contributed by atoms with Gasteiger partial charge in [-0.3, -0.25) is 0 Å². The van der Waals surface area contributed by atoms with Gasteiger partial charge in [0.1, 0.15) is 0 Å². The first kappa shape index (κ1) is 15.5. The number of nitrogens with one attached hydrogen (secondary N) is 1. The lowest BCUT2D eigenvalue weighted by atomic mass is 10.0. The van der Waals surface area contributed by atoms with Crippen LogP contribution in [0.15, 0.2) is 24.3 Å². The fourth-order valence-corrected chi connectivity index (χ4v) is 3.21. The van der Waals surface area contributed by atoms with Crippen LogP contribution in [0, 0.1) is 12.8 Å². The van der Waals surface area contributed by atoms with Gasteiger partial charge in [0, 0.05) is 12.6 Å². The van der Waals surface area contributed by atoms with Crippen molar-refractivity contribution in [2.45, 2.75) is 46.1 Å². The average Bonchev–Trinajstić information content (AvgIpc) is 2.46. The minimum atomic E-state index is 0.444. The summed E-state index contributed by atoms with van der Waals surface area (Å²) in [5.41, 5.74) is 2.81. The van der Waals surface area contributed by atoms with Crippen LogP contribution < -0.4 is 5.32 Å². The zero-order valence-corrected chi connectivity index (χ0v) is 13.4. The molecule has 1 aromatic rings. The molecule has 2 nitrogen and oxygen atoms in total. The number of hydrogen-bond acceptors (Lipinski definition) is 2. The van der Waals surface area contributed by atoms with E-state index < -0.39 is 0 Å². The van der Waals surface area contributed by atoms with E-state index in [0.29, 0.717) is 6.04 Å². The van der Waals surface area contributed by atoms with Gasteiger partial charge >= 0.3 is 0 Å². The fourth-order valence-electron chi connectivity index (χ4n) is 3.21. The Balaban J connectivity index is 1.75. The molecule has 0 bridgehead atoms. The molecule has 0 spiro atoms. The van der Waals surface area contributed by atoms with Gasteiger partial charge in [-0.1, -0.05) is 37.6 Å². The number of rotatable bonds is 6. The maximum absolute atomic E-state index is 3.70. The van der Waals surface area contributed by atoms with Crippen LogP contribution in [-0.4, -0.2) is 31.1 Å². The zero-order valence-electron chi connectivity index (χ0n) is 13.4. The second-order valence-electron chi connectivity index (χ2n) is 6.45. The normalized spacial score (nSPS) is 19.8. The standard InChI is InChI=1S/C18H30N2/c1-15(14-20-11-7-4-8-12-20)13-19-17(3)18-10-6-5-9-16(18)2/h5-6,9-10,15,17,19H,4,7-8,11-14H2,1-3H3. The molecule has 1 saturated heterocycles. The molecule has 1 aliphatic rings. The Kier molecular flexibility index (Phi) is 6.06. The van der Waals surface area contributed by atoms with Gasteiger partial charge in [-0.2, -0.15) is 0 Å². The summed E-state index contributed by atoms with van der Waals surface area (Å²) < 4.78 is 0. The molecule has 1 aromatic carbocycles. The van der Waals surface area contributed by atoms with E-state index in [1.165, 1.54) is 50.0 Å². The lowest BCUT2D eigenvalue weighted by molar-refractivity contribution is 0.197. The highest BCUT2D eigenvalue weighted by atomic mass is 15.1. The summed E-state index contributed by atoms with van der Waals surface area (Å²) in [6, 6.07) is 9.13. The van der Waals surface area contributed by atoms with Crippen LogP contribution >= 0.6 is 0 Å². The average molecular weight is 274 g/mol. The zero-order chi connectivity index (χ0) is 14.4. The molecule has 0 aromatic heterocycles. The smallest absolute Gasteiger partial charge is 0.0294 e. The molecule has 2 unspecified atom stereocenters. The predicted octanol–water partition coefficient (Wildman–Crippen LogP) is 3.77. The molecule has 112 valence electrons. The topological polar surface area (TPSA) is 15.3 Å². The number of likely N-dealkylation sites (tertiary alicyclic amines) is 1. The SMILES string of the molecule is Cc1ccccc1C(C)NCC(C)CN1CCCCC1. The molecule has 1 heterocycles. The van der Waals surface area contributed by atoms with E-state index in [0.717, 1.165) is 12.5 Å². The van der Waals surface area contributed by atoms with Crippen LogP contribution in [0.4, 0.5) is 0 Å². The minimum absolute atomic E-state index is 0.444. The molecule has 1 N–H and O–H groups in total. The molecule has 2 atom stereocenters. The molecule has 0 radical (unpaired) electrons. The van der Waals surface area contributed by atoms with E-state index in [4.69, 9.17) is 0 Å². The molecule has 20 heavy (non-hydrogen) atoms. The lowest BCUT2D eigenvalue weighted by Crippen LogP contribution is -2.37. The second kappa shape index (κ2) is 7.80. The fraction of sp³-hybridized carbons (Fsp3) is 0.667. The van der Waals surface area contributed by atoms with Gasteiger partial charge in [0.05, 0.1) is 0 Å². The predicted molar refractivity (Wildman–Crippen MR) is 87.1 cm³/mol. The summed E-state index contributed by atoms with van der Waals surface area (Å²) in [6.45, 7) is 11.8. The van der Waals surface area contributed by atoms with Crippen molar-refractivity contribution in [1.82, 2.24) is 10.2 Å². The highest BCUT2D eigenvalue weighted by Gasteiger charge is 2.14. The van der Waals surface area contributed by atoms with E-state index in [-0.39, 0.29) is 0 Å². The summed E-state index contributed by atoms with van der Waals surface area (Å²) in [5.74, 6) is 0.722. The van der Waals surface area contributed by atoms with Gasteiger partial charge in [0.25, 0.3) is 0 Å². The Morgan fingerprint density at radius 3 is 2.50 bits per heavy atom. The van der Waals surface area contributed by atoms with Crippen molar-refractivity contribution in [3.05, 3.63) is 35.4 Å². The van der Waals surface area contributed by atoms with Crippen molar-refractivity contribution in [3.8, 4) is 0 Å². The van der Waals surface area contributed by atoms with E-state index in [9.17, 15) is 0 Å². The highest BCUT2D eigenvalue weighted by molar-refractivity contribution is 5.28. The van der Waals surface area contributed by atoms with E-state index >= 15 is 0 Å². The van der Waals surface area contributed by atoms with Crippen LogP contribution in [0.2, 0.25) is 0 Å². The third-order valence-electron chi connectivity index (χ3n) is 4.45. The first-order valence-corrected chi connectivity index (χ1v) is 8.18. The molecule has 2 heteroatoms. The van der Waals surface area contributed by atoms with Crippen molar-refractivity contribution in [3.63, 3.8) is 0 Å². The van der Waals surface area contributed by atoms with Crippen molar-refractivity contribution >= 4 is 0 Å². The second-order valence-corrected chi connectivity index (χ2v) is 6.45. The van der Waals surface area contributed by atoms with Crippen LogP contribution in [0.3, 0.4) is 0 Å². The monoisotopic (exact) mass is 274 g/mol. The molecule has 1 fully saturated rings. The summed E-state index contributed by atoms with van der Waals surface area (Å²) in [4.78, 5) is 2.63. The largest absolute Gasteiger partial charge is 0.310 e. The molecular formula is C18H30N2. The maximum atomic E-state index is 3.70. The van der Waals surface area contributed by atoms with Crippen LogP contribution in [0.5, 0.6) is 0 Å². The van der Waals surface area contributed by atoms with Gasteiger partial charge in [0.2, 0.25) is 0 Å². The molecular weight excluding hydrogens is 244 g/mol.